The first-order valence-electron chi connectivity index (χ1n) is 8.87. The SMILES string of the molecule is COCCCOc1cc(C)ccc1CNC(=O)CCC1CCNC1. The van der Waals surface area contributed by atoms with Crippen molar-refractivity contribution in [3.63, 3.8) is 0 Å². The van der Waals surface area contributed by atoms with Gasteiger partial charge in [0.2, 0.25) is 5.91 Å². The smallest absolute Gasteiger partial charge is 0.220 e. The Morgan fingerprint density at radius 2 is 2.25 bits per heavy atom. The van der Waals surface area contributed by atoms with Crippen molar-refractivity contribution >= 4 is 5.91 Å². The lowest BCUT2D eigenvalue weighted by Gasteiger charge is -2.14. The second kappa shape index (κ2) is 10.3. The van der Waals surface area contributed by atoms with Crippen LogP contribution in [0.15, 0.2) is 18.2 Å². The average molecular weight is 334 g/mol. The van der Waals surface area contributed by atoms with Crippen molar-refractivity contribution in [2.45, 2.75) is 39.2 Å². The molecule has 1 aromatic carbocycles. The van der Waals surface area contributed by atoms with Crippen molar-refractivity contribution < 1.29 is 14.3 Å². The van der Waals surface area contributed by atoms with E-state index in [1.165, 1.54) is 6.42 Å². The number of ether oxygens (including phenoxy) is 2. The molecule has 2 rings (SSSR count). The van der Waals surface area contributed by atoms with Crippen LogP contribution in [0.25, 0.3) is 0 Å². The number of nitrogens with one attached hydrogen (secondary N) is 2. The molecule has 24 heavy (non-hydrogen) atoms. The van der Waals surface area contributed by atoms with Crippen LogP contribution in [0.2, 0.25) is 0 Å². The lowest BCUT2D eigenvalue weighted by atomic mass is 10.0. The van der Waals surface area contributed by atoms with Gasteiger partial charge in [-0.2, -0.15) is 0 Å². The van der Waals surface area contributed by atoms with E-state index in [1.807, 2.05) is 25.1 Å². The molecule has 2 N–H and O–H groups in total. The number of methoxy groups -OCH3 is 1. The van der Waals surface area contributed by atoms with Crippen LogP contribution in [0, 0.1) is 12.8 Å². The summed E-state index contributed by atoms with van der Waals surface area (Å²) in [5.74, 6) is 1.62. The molecule has 0 aliphatic carbocycles. The van der Waals surface area contributed by atoms with Gasteiger partial charge in [0.1, 0.15) is 5.75 Å². The van der Waals surface area contributed by atoms with Gasteiger partial charge in [-0.1, -0.05) is 12.1 Å². The monoisotopic (exact) mass is 334 g/mol. The molecule has 5 nitrogen and oxygen atoms in total. The van der Waals surface area contributed by atoms with Crippen LogP contribution in [-0.4, -0.2) is 39.3 Å². The highest BCUT2D eigenvalue weighted by molar-refractivity contribution is 5.75. The van der Waals surface area contributed by atoms with Gasteiger partial charge in [-0.05, 0) is 50.4 Å². The maximum Gasteiger partial charge on any atom is 0.220 e. The molecule has 1 saturated heterocycles. The molecule has 0 aromatic heterocycles. The number of benzene rings is 1. The summed E-state index contributed by atoms with van der Waals surface area (Å²) in [6.07, 6.45) is 3.60. The molecule has 1 fully saturated rings. The van der Waals surface area contributed by atoms with Crippen LogP contribution in [0.3, 0.4) is 0 Å². The summed E-state index contributed by atoms with van der Waals surface area (Å²) in [4.78, 5) is 12.1. The van der Waals surface area contributed by atoms with Gasteiger partial charge < -0.3 is 20.1 Å². The summed E-state index contributed by atoms with van der Waals surface area (Å²) in [5, 5.41) is 6.36. The zero-order chi connectivity index (χ0) is 17.2. The first-order valence-corrected chi connectivity index (χ1v) is 8.87. The van der Waals surface area contributed by atoms with E-state index in [-0.39, 0.29) is 5.91 Å². The van der Waals surface area contributed by atoms with Crippen LogP contribution in [0.5, 0.6) is 5.75 Å². The van der Waals surface area contributed by atoms with Gasteiger partial charge in [0, 0.05) is 38.7 Å². The van der Waals surface area contributed by atoms with E-state index in [2.05, 4.69) is 10.6 Å². The number of amides is 1. The van der Waals surface area contributed by atoms with Gasteiger partial charge in [0.15, 0.2) is 0 Å². The van der Waals surface area contributed by atoms with E-state index in [0.29, 0.717) is 32.1 Å². The molecule has 1 aliphatic heterocycles. The zero-order valence-corrected chi connectivity index (χ0v) is 14.9. The molecule has 0 bridgehead atoms. The molecule has 5 heteroatoms. The highest BCUT2D eigenvalue weighted by Crippen LogP contribution is 2.21. The summed E-state index contributed by atoms with van der Waals surface area (Å²) in [5.41, 5.74) is 2.18. The topological polar surface area (TPSA) is 59.6 Å². The molecule has 1 heterocycles. The molecule has 1 amide bonds. The number of hydrogen-bond donors (Lipinski definition) is 2. The summed E-state index contributed by atoms with van der Waals surface area (Å²) < 4.78 is 10.9. The number of carbonyl (C=O) groups excluding carboxylic acids is 1. The summed E-state index contributed by atoms with van der Waals surface area (Å²) in [6, 6.07) is 6.11. The molecule has 0 saturated carbocycles. The standard InChI is InChI=1S/C19H30N2O3/c1-15-4-6-17(18(12-15)24-11-3-10-23-2)14-21-19(22)7-5-16-8-9-20-13-16/h4,6,12,16,20H,3,5,7-11,13-14H2,1-2H3,(H,21,22). The minimum Gasteiger partial charge on any atom is -0.493 e. The minimum atomic E-state index is 0.118. The molecule has 1 atom stereocenters. The average Bonchev–Trinajstić information content (AvgIpc) is 3.09. The van der Waals surface area contributed by atoms with E-state index in [9.17, 15) is 4.79 Å². The maximum atomic E-state index is 12.1. The van der Waals surface area contributed by atoms with Gasteiger partial charge in [-0.25, -0.2) is 0 Å². The van der Waals surface area contributed by atoms with Crippen molar-refractivity contribution in [2.75, 3.05) is 33.4 Å². The fraction of sp³-hybridized carbons (Fsp3) is 0.632. The summed E-state index contributed by atoms with van der Waals surface area (Å²) in [6.45, 7) is 5.99. The normalized spacial score (nSPS) is 17.0. The molecule has 134 valence electrons. The third-order valence-electron chi connectivity index (χ3n) is 4.39. The van der Waals surface area contributed by atoms with E-state index >= 15 is 0 Å². The number of carbonyl (C=O) groups is 1. The number of aryl methyl sites for hydroxylation is 1. The van der Waals surface area contributed by atoms with E-state index in [0.717, 1.165) is 42.8 Å². The fourth-order valence-electron chi connectivity index (χ4n) is 2.91. The Kier molecular flexibility index (Phi) is 8.05. The van der Waals surface area contributed by atoms with Crippen LogP contribution in [0.1, 0.15) is 36.8 Å². The van der Waals surface area contributed by atoms with E-state index in [4.69, 9.17) is 9.47 Å². The molecule has 0 radical (unpaired) electrons. The predicted octanol–water partition coefficient (Wildman–Crippen LogP) is 2.42. The molecule has 0 spiro atoms. The third kappa shape index (κ3) is 6.49. The van der Waals surface area contributed by atoms with Gasteiger partial charge in [-0.15, -0.1) is 0 Å². The first-order chi connectivity index (χ1) is 11.7. The highest BCUT2D eigenvalue weighted by Gasteiger charge is 2.15. The Morgan fingerprint density at radius 1 is 1.38 bits per heavy atom. The second-order valence-electron chi connectivity index (χ2n) is 6.48. The molecular formula is C19H30N2O3. The zero-order valence-electron chi connectivity index (χ0n) is 14.9. The van der Waals surface area contributed by atoms with Crippen molar-refractivity contribution in [3.8, 4) is 5.75 Å². The molecule has 1 aromatic rings. The van der Waals surface area contributed by atoms with E-state index < -0.39 is 0 Å². The van der Waals surface area contributed by atoms with Crippen molar-refractivity contribution in [1.29, 1.82) is 0 Å². The van der Waals surface area contributed by atoms with Crippen molar-refractivity contribution in [2.24, 2.45) is 5.92 Å². The summed E-state index contributed by atoms with van der Waals surface area (Å²) >= 11 is 0. The first kappa shape index (κ1) is 18.7. The molecule has 1 aliphatic rings. The van der Waals surface area contributed by atoms with E-state index in [1.54, 1.807) is 7.11 Å². The molecule has 1 unspecified atom stereocenters. The largest absolute Gasteiger partial charge is 0.493 e. The Labute approximate surface area is 145 Å². The summed E-state index contributed by atoms with van der Waals surface area (Å²) in [7, 11) is 1.69. The Morgan fingerprint density at radius 3 is 3.00 bits per heavy atom. The highest BCUT2D eigenvalue weighted by atomic mass is 16.5. The van der Waals surface area contributed by atoms with Crippen LogP contribution >= 0.6 is 0 Å². The fourth-order valence-corrected chi connectivity index (χ4v) is 2.91. The Hall–Kier alpha value is -1.59. The van der Waals surface area contributed by atoms with Crippen LogP contribution < -0.4 is 15.4 Å². The van der Waals surface area contributed by atoms with Crippen LogP contribution in [-0.2, 0) is 16.1 Å². The van der Waals surface area contributed by atoms with Gasteiger partial charge >= 0.3 is 0 Å². The second-order valence-corrected chi connectivity index (χ2v) is 6.48. The van der Waals surface area contributed by atoms with Gasteiger partial charge in [0.25, 0.3) is 0 Å². The Balaban J connectivity index is 1.78. The van der Waals surface area contributed by atoms with Gasteiger partial charge in [-0.3, -0.25) is 4.79 Å². The number of hydrogen-bond acceptors (Lipinski definition) is 4. The van der Waals surface area contributed by atoms with Crippen molar-refractivity contribution in [1.82, 2.24) is 10.6 Å². The predicted molar refractivity (Wildman–Crippen MR) is 95.2 cm³/mol. The lowest BCUT2D eigenvalue weighted by Crippen LogP contribution is -2.24. The Bertz CT molecular complexity index is 513. The number of rotatable bonds is 10. The van der Waals surface area contributed by atoms with Gasteiger partial charge in [0.05, 0.1) is 6.61 Å². The van der Waals surface area contributed by atoms with Crippen LogP contribution in [0.4, 0.5) is 0 Å². The molecular weight excluding hydrogens is 304 g/mol. The quantitative estimate of drug-likeness (QED) is 0.645. The lowest BCUT2D eigenvalue weighted by molar-refractivity contribution is -0.121. The maximum absolute atomic E-state index is 12.1. The minimum absolute atomic E-state index is 0.118. The van der Waals surface area contributed by atoms with Crippen molar-refractivity contribution in [3.05, 3.63) is 29.3 Å². The third-order valence-corrected chi connectivity index (χ3v) is 4.39.